The van der Waals surface area contributed by atoms with Crippen molar-refractivity contribution in [1.82, 2.24) is 0 Å². The first-order valence-electron chi connectivity index (χ1n) is 5.17. The van der Waals surface area contributed by atoms with E-state index in [1.165, 1.54) is 6.07 Å². The van der Waals surface area contributed by atoms with Crippen LogP contribution in [0.3, 0.4) is 0 Å². The van der Waals surface area contributed by atoms with Crippen molar-refractivity contribution in [2.24, 2.45) is 0 Å². The summed E-state index contributed by atoms with van der Waals surface area (Å²) in [7, 11) is 0. The Morgan fingerprint density at radius 3 is 2.41 bits per heavy atom. The average Bonchev–Trinajstić information content (AvgIpc) is 2.38. The Balaban J connectivity index is 2.60. The van der Waals surface area contributed by atoms with Gasteiger partial charge in [0.1, 0.15) is 6.67 Å². The minimum absolute atomic E-state index is 0.0817. The lowest BCUT2D eigenvalue weighted by molar-refractivity contribution is 0.152. The maximum Gasteiger partial charge on any atom is 0.264 e. The van der Waals surface area contributed by atoms with E-state index >= 15 is 0 Å². The summed E-state index contributed by atoms with van der Waals surface area (Å²) in [5.74, 6) is 0. The molecule has 0 saturated heterocycles. The second kappa shape index (κ2) is 5.04. The SMILES string of the molecule is FCc1[c]cccc1-c1ccccc1C(F)F. The molecule has 87 valence electrons. The number of rotatable bonds is 3. The van der Waals surface area contributed by atoms with Gasteiger partial charge in [-0.15, -0.1) is 0 Å². The molecule has 0 unspecified atom stereocenters. The molecule has 0 bridgehead atoms. The van der Waals surface area contributed by atoms with E-state index in [0.29, 0.717) is 16.7 Å². The largest absolute Gasteiger partial charge is 0.264 e. The summed E-state index contributed by atoms with van der Waals surface area (Å²) < 4.78 is 38.5. The van der Waals surface area contributed by atoms with E-state index in [9.17, 15) is 13.2 Å². The molecule has 0 N–H and O–H groups in total. The maximum atomic E-state index is 12.8. The lowest BCUT2D eigenvalue weighted by Gasteiger charge is -2.11. The maximum absolute atomic E-state index is 12.8. The van der Waals surface area contributed by atoms with Crippen molar-refractivity contribution in [3.8, 4) is 11.1 Å². The van der Waals surface area contributed by atoms with Crippen LogP contribution in [0.4, 0.5) is 13.2 Å². The van der Waals surface area contributed by atoms with Crippen molar-refractivity contribution in [3.63, 3.8) is 0 Å². The fraction of sp³-hybridized carbons (Fsp3) is 0.143. The molecule has 0 fully saturated rings. The van der Waals surface area contributed by atoms with Crippen molar-refractivity contribution in [2.45, 2.75) is 13.1 Å². The van der Waals surface area contributed by atoms with Gasteiger partial charge in [0, 0.05) is 5.56 Å². The van der Waals surface area contributed by atoms with Gasteiger partial charge >= 0.3 is 0 Å². The standard InChI is InChI=1S/C14H10F3/c15-9-10-5-1-2-6-11(10)12-7-3-4-8-13(12)14(16)17/h1-4,6-8,14H,9H2. The van der Waals surface area contributed by atoms with Crippen LogP contribution >= 0.6 is 0 Å². The molecule has 0 saturated carbocycles. The smallest absolute Gasteiger partial charge is 0.246 e. The molecular formula is C14H10F3. The first-order valence-corrected chi connectivity index (χ1v) is 5.17. The molecule has 0 aliphatic carbocycles. The Labute approximate surface area is 97.7 Å². The zero-order valence-corrected chi connectivity index (χ0v) is 8.96. The molecule has 0 aliphatic rings. The van der Waals surface area contributed by atoms with Crippen molar-refractivity contribution < 1.29 is 13.2 Å². The van der Waals surface area contributed by atoms with E-state index in [1.807, 2.05) is 0 Å². The van der Waals surface area contributed by atoms with E-state index in [2.05, 4.69) is 6.07 Å². The van der Waals surface area contributed by atoms with E-state index in [1.54, 1.807) is 36.4 Å². The monoisotopic (exact) mass is 235 g/mol. The van der Waals surface area contributed by atoms with Gasteiger partial charge in [0.15, 0.2) is 0 Å². The van der Waals surface area contributed by atoms with Gasteiger partial charge < -0.3 is 0 Å². The molecule has 0 heterocycles. The predicted molar refractivity (Wildman–Crippen MR) is 60.5 cm³/mol. The first-order chi connectivity index (χ1) is 8.24. The topological polar surface area (TPSA) is 0 Å². The van der Waals surface area contributed by atoms with E-state index in [-0.39, 0.29) is 5.56 Å². The lowest BCUT2D eigenvalue weighted by Crippen LogP contribution is -1.93. The third-order valence-corrected chi connectivity index (χ3v) is 2.56. The Morgan fingerprint density at radius 2 is 1.71 bits per heavy atom. The Kier molecular flexibility index (Phi) is 3.47. The van der Waals surface area contributed by atoms with Gasteiger partial charge in [-0.05, 0) is 22.8 Å². The van der Waals surface area contributed by atoms with Crippen LogP contribution in [0.1, 0.15) is 17.6 Å². The van der Waals surface area contributed by atoms with Gasteiger partial charge in [0.25, 0.3) is 6.43 Å². The normalized spacial score (nSPS) is 10.8. The first kappa shape index (κ1) is 11.7. The number of hydrogen-bond acceptors (Lipinski definition) is 0. The molecule has 2 rings (SSSR count). The van der Waals surface area contributed by atoms with Crippen LogP contribution in [0.5, 0.6) is 0 Å². The summed E-state index contributed by atoms with van der Waals surface area (Å²) in [5, 5.41) is 0. The number of halogens is 3. The molecule has 17 heavy (non-hydrogen) atoms. The van der Waals surface area contributed by atoms with Crippen LogP contribution in [0, 0.1) is 6.07 Å². The summed E-state index contributed by atoms with van der Waals surface area (Å²) in [6, 6.07) is 13.7. The van der Waals surface area contributed by atoms with Crippen LogP contribution in [-0.4, -0.2) is 0 Å². The van der Waals surface area contributed by atoms with Gasteiger partial charge in [0.05, 0.1) is 0 Å². The van der Waals surface area contributed by atoms with Gasteiger partial charge in [-0.1, -0.05) is 42.5 Å². The average molecular weight is 235 g/mol. The number of benzene rings is 2. The second-order valence-electron chi connectivity index (χ2n) is 3.58. The predicted octanol–water partition coefficient (Wildman–Crippen LogP) is 4.56. The third kappa shape index (κ3) is 2.33. The number of alkyl halides is 3. The van der Waals surface area contributed by atoms with Crippen molar-refractivity contribution in [2.75, 3.05) is 0 Å². The highest BCUT2D eigenvalue weighted by Gasteiger charge is 2.15. The summed E-state index contributed by atoms with van der Waals surface area (Å²) in [6.45, 7) is -0.715. The van der Waals surface area contributed by atoms with Gasteiger partial charge in [-0.25, -0.2) is 13.2 Å². The molecular weight excluding hydrogens is 225 g/mol. The van der Waals surface area contributed by atoms with E-state index in [4.69, 9.17) is 0 Å². The Hall–Kier alpha value is -1.77. The van der Waals surface area contributed by atoms with E-state index < -0.39 is 13.1 Å². The fourth-order valence-electron chi connectivity index (χ4n) is 1.77. The summed E-state index contributed by atoms with van der Waals surface area (Å²) in [4.78, 5) is 0. The minimum Gasteiger partial charge on any atom is -0.246 e. The molecule has 0 nitrogen and oxygen atoms in total. The van der Waals surface area contributed by atoms with Crippen molar-refractivity contribution in [1.29, 1.82) is 0 Å². The molecule has 2 aromatic rings. The van der Waals surface area contributed by atoms with Crippen molar-refractivity contribution in [3.05, 3.63) is 59.7 Å². The highest BCUT2D eigenvalue weighted by Crippen LogP contribution is 2.32. The van der Waals surface area contributed by atoms with Crippen LogP contribution in [-0.2, 0) is 6.67 Å². The molecule has 3 heteroatoms. The van der Waals surface area contributed by atoms with Gasteiger partial charge in [0.2, 0.25) is 0 Å². The number of hydrogen-bond donors (Lipinski definition) is 0. The van der Waals surface area contributed by atoms with Crippen LogP contribution in [0.2, 0.25) is 0 Å². The molecule has 0 amide bonds. The molecule has 0 atom stereocenters. The van der Waals surface area contributed by atoms with Gasteiger partial charge in [-0.2, -0.15) is 0 Å². The Bertz CT molecular complexity index is 506. The quantitative estimate of drug-likeness (QED) is 0.731. The second-order valence-corrected chi connectivity index (χ2v) is 3.58. The summed E-state index contributed by atoms with van der Waals surface area (Å²) in [6.07, 6.45) is -2.57. The molecule has 0 aromatic heterocycles. The summed E-state index contributed by atoms with van der Waals surface area (Å²) in [5.41, 5.74) is 1.07. The highest BCUT2D eigenvalue weighted by atomic mass is 19.3. The lowest BCUT2D eigenvalue weighted by atomic mass is 9.96. The molecule has 1 radical (unpaired) electrons. The van der Waals surface area contributed by atoms with Crippen LogP contribution < -0.4 is 0 Å². The summed E-state index contributed by atoms with van der Waals surface area (Å²) >= 11 is 0. The van der Waals surface area contributed by atoms with Crippen LogP contribution in [0.25, 0.3) is 11.1 Å². The fourth-order valence-corrected chi connectivity index (χ4v) is 1.77. The van der Waals surface area contributed by atoms with Crippen molar-refractivity contribution >= 4 is 0 Å². The highest BCUT2D eigenvalue weighted by molar-refractivity contribution is 5.70. The minimum atomic E-state index is -2.57. The molecule has 0 spiro atoms. The van der Waals surface area contributed by atoms with Crippen LogP contribution in [0.15, 0.2) is 42.5 Å². The van der Waals surface area contributed by atoms with Gasteiger partial charge in [-0.3, -0.25) is 0 Å². The van der Waals surface area contributed by atoms with E-state index in [0.717, 1.165) is 0 Å². The Morgan fingerprint density at radius 1 is 1.00 bits per heavy atom. The molecule has 0 aliphatic heterocycles. The zero-order valence-electron chi connectivity index (χ0n) is 8.96. The molecule has 2 aromatic carbocycles. The third-order valence-electron chi connectivity index (χ3n) is 2.56. The zero-order chi connectivity index (χ0) is 12.3.